The largest absolute Gasteiger partial charge is 0.338 e. The Balaban J connectivity index is 1.64. The molecule has 2 aromatic rings. The fourth-order valence-electron chi connectivity index (χ4n) is 3.18. The first-order valence-electron chi connectivity index (χ1n) is 8.18. The van der Waals surface area contributed by atoms with Crippen molar-refractivity contribution in [3.8, 4) is 0 Å². The van der Waals surface area contributed by atoms with Crippen LogP contribution in [0.3, 0.4) is 0 Å². The van der Waals surface area contributed by atoms with Crippen LogP contribution in [-0.2, 0) is 13.5 Å². The molecule has 0 unspecified atom stereocenters. The first-order chi connectivity index (χ1) is 11.6. The van der Waals surface area contributed by atoms with Crippen LogP contribution in [0.1, 0.15) is 28.8 Å². The highest BCUT2D eigenvalue weighted by Gasteiger charge is 2.25. The summed E-state index contributed by atoms with van der Waals surface area (Å²) in [6.07, 6.45) is 4.08. The third-order valence-corrected chi connectivity index (χ3v) is 4.68. The molecule has 3 rings (SSSR count). The van der Waals surface area contributed by atoms with E-state index in [9.17, 15) is 14.4 Å². The first-order valence-corrected chi connectivity index (χ1v) is 8.18. The number of piperidine rings is 1. The van der Waals surface area contributed by atoms with Crippen LogP contribution in [-0.4, -0.2) is 33.4 Å². The summed E-state index contributed by atoms with van der Waals surface area (Å²) in [7, 11) is 1.37. The molecule has 1 N–H and O–H groups in total. The van der Waals surface area contributed by atoms with E-state index in [1.807, 2.05) is 18.2 Å². The predicted octanol–water partition coefficient (Wildman–Crippen LogP) is 1.17. The van der Waals surface area contributed by atoms with Gasteiger partial charge in [-0.05, 0) is 30.7 Å². The molecule has 6 heteroatoms. The molecule has 1 saturated heterocycles. The molecular formula is C18H21N3O3. The Morgan fingerprint density at radius 2 is 1.83 bits per heavy atom. The van der Waals surface area contributed by atoms with Crippen LogP contribution in [0.15, 0.2) is 46.1 Å². The number of H-pyrrole nitrogens is 1. The fraction of sp³-hybridized carbons (Fsp3) is 0.389. The summed E-state index contributed by atoms with van der Waals surface area (Å²) in [6, 6.07) is 10.3. The van der Waals surface area contributed by atoms with Crippen LogP contribution in [0, 0.1) is 5.92 Å². The van der Waals surface area contributed by atoms with Crippen molar-refractivity contribution < 1.29 is 4.79 Å². The van der Waals surface area contributed by atoms with Crippen molar-refractivity contribution in [1.82, 2.24) is 14.5 Å². The topological polar surface area (TPSA) is 75.2 Å². The van der Waals surface area contributed by atoms with Crippen molar-refractivity contribution >= 4 is 5.91 Å². The van der Waals surface area contributed by atoms with E-state index >= 15 is 0 Å². The first kappa shape index (κ1) is 16.2. The lowest BCUT2D eigenvalue weighted by Crippen LogP contribution is -2.43. The van der Waals surface area contributed by atoms with Gasteiger partial charge in [0.05, 0.1) is 0 Å². The molecule has 0 spiro atoms. The van der Waals surface area contributed by atoms with Gasteiger partial charge in [-0.15, -0.1) is 0 Å². The molecule has 1 aromatic carbocycles. The van der Waals surface area contributed by atoms with Crippen LogP contribution in [0.5, 0.6) is 0 Å². The molecule has 1 amide bonds. The van der Waals surface area contributed by atoms with Crippen molar-refractivity contribution in [3.63, 3.8) is 0 Å². The van der Waals surface area contributed by atoms with Gasteiger partial charge in [-0.3, -0.25) is 14.2 Å². The molecule has 1 fully saturated rings. The van der Waals surface area contributed by atoms with Gasteiger partial charge in [-0.1, -0.05) is 30.3 Å². The van der Waals surface area contributed by atoms with Gasteiger partial charge in [0.25, 0.3) is 11.5 Å². The monoisotopic (exact) mass is 327 g/mol. The van der Waals surface area contributed by atoms with Crippen LogP contribution in [0.2, 0.25) is 0 Å². The summed E-state index contributed by atoms with van der Waals surface area (Å²) in [5.74, 6) is 0.250. The second-order valence-corrected chi connectivity index (χ2v) is 6.30. The van der Waals surface area contributed by atoms with Crippen molar-refractivity contribution in [2.45, 2.75) is 19.3 Å². The smallest absolute Gasteiger partial charge is 0.328 e. The Kier molecular flexibility index (Phi) is 4.64. The molecule has 6 nitrogen and oxygen atoms in total. The lowest BCUT2D eigenvalue weighted by Gasteiger charge is -2.32. The van der Waals surface area contributed by atoms with E-state index in [0.717, 1.165) is 23.8 Å². The van der Waals surface area contributed by atoms with Gasteiger partial charge in [0.1, 0.15) is 5.56 Å². The molecule has 0 radical (unpaired) electrons. The minimum absolute atomic E-state index is 0.0265. The summed E-state index contributed by atoms with van der Waals surface area (Å²) in [5, 5.41) is 0. The Hall–Kier alpha value is -2.63. The minimum Gasteiger partial charge on any atom is -0.338 e. The van der Waals surface area contributed by atoms with E-state index in [1.54, 1.807) is 4.90 Å². The number of nitrogens with one attached hydrogen (secondary N) is 1. The van der Waals surface area contributed by atoms with Crippen LogP contribution in [0.25, 0.3) is 0 Å². The third-order valence-electron chi connectivity index (χ3n) is 4.68. The standard InChI is InChI=1S/C18H21N3O3/c1-20-16(22)15(12-19-18(20)24)17(23)21-9-7-14(8-10-21)11-13-5-3-2-4-6-13/h2-6,12,14H,7-11H2,1H3,(H,19,24). The quantitative estimate of drug-likeness (QED) is 0.919. The lowest BCUT2D eigenvalue weighted by molar-refractivity contribution is 0.0687. The summed E-state index contributed by atoms with van der Waals surface area (Å²) in [6.45, 7) is 1.28. The zero-order chi connectivity index (χ0) is 17.1. The Bertz CT molecular complexity index is 831. The van der Waals surface area contributed by atoms with Crippen molar-refractivity contribution in [2.24, 2.45) is 13.0 Å². The fourth-order valence-corrected chi connectivity index (χ4v) is 3.18. The van der Waals surface area contributed by atoms with Gasteiger partial charge in [0, 0.05) is 26.3 Å². The van der Waals surface area contributed by atoms with Crippen molar-refractivity contribution in [1.29, 1.82) is 0 Å². The Labute approximate surface area is 139 Å². The number of aromatic amines is 1. The van der Waals surface area contributed by atoms with Crippen LogP contribution >= 0.6 is 0 Å². The number of rotatable bonds is 3. The van der Waals surface area contributed by atoms with E-state index in [-0.39, 0.29) is 11.5 Å². The molecule has 126 valence electrons. The second-order valence-electron chi connectivity index (χ2n) is 6.30. The highest BCUT2D eigenvalue weighted by Crippen LogP contribution is 2.22. The average Bonchev–Trinajstić information content (AvgIpc) is 2.61. The number of aromatic nitrogens is 2. The predicted molar refractivity (Wildman–Crippen MR) is 91.1 cm³/mol. The number of likely N-dealkylation sites (tertiary alicyclic amines) is 1. The summed E-state index contributed by atoms with van der Waals surface area (Å²) in [5.41, 5.74) is 0.281. The van der Waals surface area contributed by atoms with Gasteiger partial charge in [-0.25, -0.2) is 4.79 Å². The number of nitrogens with zero attached hydrogens (tertiary/aromatic N) is 2. The number of benzene rings is 1. The summed E-state index contributed by atoms with van der Waals surface area (Å²) in [4.78, 5) is 40.1. The van der Waals surface area contributed by atoms with Gasteiger partial charge >= 0.3 is 5.69 Å². The van der Waals surface area contributed by atoms with E-state index < -0.39 is 11.2 Å². The zero-order valence-electron chi connectivity index (χ0n) is 13.7. The molecule has 0 bridgehead atoms. The SMILES string of the molecule is Cn1c(=O)[nH]cc(C(=O)N2CCC(Cc3ccccc3)CC2)c1=O. The molecule has 1 aromatic heterocycles. The highest BCUT2D eigenvalue weighted by molar-refractivity contribution is 5.93. The molecule has 0 aliphatic carbocycles. The Morgan fingerprint density at radius 3 is 2.50 bits per heavy atom. The maximum Gasteiger partial charge on any atom is 0.328 e. The molecule has 1 aliphatic rings. The highest BCUT2D eigenvalue weighted by atomic mass is 16.2. The van der Waals surface area contributed by atoms with Crippen LogP contribution in [0.4, 0.5) is 0 Å². The van der Waals surface area contributed by atoms with Crippen molar-refractivity contribution in [3.05, 3.63) is 68.5 Å². The maximum absolute atomic E-state index is 12.5. The maximum atomic E-state index is 12.5. The number of hydrogen-bond donors (Lipinski definition) is 1. The molecule has 0 atom stereocenters. The van der Waals surface area contributed by atoms with Gasteiger partial charge in [0.15, 0.2) is 0 Å². The number of amides is 1. The molecule has 2 heterocycles. The molecule has 1 aliphatic heterocycles. The van der Waals surface area contributed by atoms with Gasteiger partial charge in [-0.2, -0.15) is 0 Å². The van der Waals surface area contributed by atoms with Gasteiger partial charge in [0.2, 0.25) is 0 Å². The van der Waals surface area contributed by atoms with E-state index in [1.165, 1.54) is 18.8 Å². The minimum atomic E-state index is -0.546. The number of carbonyl (C=O) groups is 1. The summed E-state index contributed by atoms with van der Waals surface area (Å²) >= 11 is 0. The average molecular weight is 327 g/mol. The number of carbonyl (C=O) groups excluding carboxylic acids is 1. The molecule has 24 heavy (non-hydrogen) atoms. The lowest BCUT2D eigenvalue weighted by atomic mass is 9.90. The van der Waals surface area contributed by atoms with E-state index in [0.29, 0.717) is 19.0 Å². The molecular weight excluding hydrogens is 306 g/mol. The van der Waals surface area contributed by atoms with Gasteiger partial charge < -0.3 is 9.88 Å². The second kappa shape index (κ2) is 6.86. The Morgan fingerprint density at radius 1 is 1.17 bits per heavy atom. The van der Waals surface area contributed by atoms with E-state index in [2.05, 4.69) is 17.1 Å². The number of hydrogen-bond acceptors (Lipinski definition) is 3. The zero-order valence-corrected chi connectivity index (χ0v) is 13.7. The van der Waals surface area contributed by atoms with E-state index in [4.69, 9.17) is 0 Å². The third kappa shape index (κ3) is 3.32. The molecule has 0 saturated carbocycles. The van der Waals surface area contributed by atoms with Crippen LogP contribution < -0.4 is 11.2 Å². The normalized spacial score (nSPS) is 15.5. The summed E-state index contributed by atoms with van der Waals surface area (Å²) < 4.78 is 0.926. The van der Waals surface area contributed by atoms with Crippen molar-refractivity contribution in [2.75, 3.05) is 13.1 Å².